The SMILES string of the molecule is CC1(C(=O)O)CCN(C(=O)c2ccc(=O)n(-c3ccccc3F)n2)C1. The first-order valence-electron chi connectivity index (χ1n) is 7.70. The summed E-state index contributed by atoms with van der Waals surface area (Å²) in [6.07, 6.45) is 0.334. The summed E-state index contributed by atoms with van der Waals surface area (Å²) in [4.78, 5) is 37.3. The number of carbonyl (C=O) groups excluding carboxylic acids is 1. The Hall–Kier alpha value is -3.03. The smallest absolute Gasteiger partial charge is 0.311 e. The van der Waals surface area contributed by atoms with Crippen molar-refractivity contribution in [2.75, 3.05) is 13.1 Å². The van der Waals surface area contributed by atoms with Gasteiger partial charge in [0.05, 0.1) is 5.41 Å². The molecule has 1 unspecified atom stereocenters. The number of likely N-dealkylation sites (tertiary alicyclic amines) is 1. The summed E-state index contributed by atoms with van der Waals surface area (Å²) in [6, 6.07) is 8.01. The number of para-hydroxylation sites is 1. The van der Waals surface area contributed by atoms with Crippen LogP contribution in [0.2, 0.25) is 0 Å². The van der Waals surface area contributed by atoms with Gasteiger partial charge >= 0.3 is 5.97 Å². The zero-order valence-electron chi connectivity index (χ0n) is 13.5. The minimum Gasteiger partial charge on any atom is -0.481 e. The second-order valence-corrected chi connectivity index (χ2v) is 6.26. The maximum Gasteiger partial charge on any atom is 0.311 e. The number of halogens is 1. The Bertz CT molecular complexity index is 911. The van der Waals surface area contributed by atoms with Crippen molar-refractivity contribution < 1.29 is 19.1 Å². The van der Waals surface area contributed by atoms with Crippen LogP contribution in [-0.4, -0.2) is 44.8 Å². The van der Waals surface area contributed by atoms with Gasteiger partial charge in [0.1, 0.15) is 17.2 Å². The predicted molar refractivity (Wildman–Crippen MR) is 86.1 cm³/mol. The van der Waals surface area contributed by atoms with Crippen LogP contribution in [0.5, 0.6) is 0 Å². The molecule has 1 aromatic heterocycles. The van der Waals surface area contributed by atoms with E-state index in [1.807, 2.05) is 0 Å². The van der Waals surface area contributed by atoms with Gasteiger partial charge in [-0.3, -0.25) is 14.4 Å². The van der Waals surface area contributed by atoms with E-state index in [9.17, 15) is 23.9 Å². The number of nitrogens with zero attached hydrogens (tertiary/aromatic N) is 3. The molecule has 0 spiro atoms. The van der Waals surface area contributed by atoms with E-state index in [2.05, 4.69) is 5.10 Å². The van der Waals surface area contributed by atoms with E-state index in [-0.39, 0.29) is 24.5 Å². The number of hydrogen-bond donors (Lipinski definition) is 1. The molecule has 0 radical (unpaired) electrons. The summed E-state index contributed by atoms with van der Waals surface area (Å²) < 4.78 is 14.7. The third-order valence-electron chi connectivity index (χ3n) is 4.38. The molecule has 1 aliphatic heterocycles. The van der Waals surface area contributed by atoms with Crippen LogP contribution in [0.3, 0.4) is 0 Å². The van der Waals surface area contributed by atoms with E-state index >= 15 is 0 Å². The Morgan fingerprint density at radius 1 is 1.24 bits per heavy atom. The van der Waals surface area contributed by atoms with Crippen LogP contribution in [0.15, 0.2) is 41.2 Å². The number of benzene rings is 1. The summed E-state index contributed by atoms with van der Waals surface area (Å²) in [5, 5.41) is 13.2. The minimum absolute atomic E-state index is 0.0440. The van der Waals surface area contributed by atoms with Gasteiger partial charge < -0.3 is 10.0 Å². The van der Waals surface area contributed by atoms with E-state index in [1.165, 1.54) is 29.2 Å². The summed E-state index contributed by atoms with van der Waals surface area (Å²) in [7, 11) is 0. The van der Waals surface area contributed by atoms with Gasteiger partial charge in [-0.25, -0.2) is 4.39 Å². The van der Waals surface area contributed by atoms with Crippen LogP contribution in [0.4, 0.5) is 4.39 Å². The number of aliphatic carboxylic acids is 1. The highest BCUT2D eigenvalue weighted by molar-refractivity contribution is 5.93. The molecule has 2 heterocycles. The quantitative estimate of drug-likeness (QED) is 0.905. The highest BCUT2D eigenvalue weighted by atomic mass is 19.1. The van der Waals surface area contributed by atoms with Crippen molar-refractivity contribution in [3.8, 4) is 5.69 Å². The molecule has 1 aromatic carbocycles. The fourth-order valence-electron chi connectivity index (χ4n) is 2.79. The second kappa shape index (κ2) is 6.12. The summed E-state index contributed by atoms with van der Waals surface area (Å²) >= 11 is 0. The fraction of sp³-hybridized carbons (Fsp3) is 0.294. The Morgan fingerprint density at radius 2 is 1.96 bits per heavy atom. The molecule has 1 atom stereocenters. The lowest BCUT2D eigenvalue weighted by molar-refractivity contribution is -0.147. The Morgan fingerprint density at radius 3 is 2.60 bits per heavy atom. The van der Waals surface area contributed by atoms with Gasteiger partial charge in [0.15, 0.2) is 0 Å². The Kier molecular flexibility index (Phi) is 4.12. The largest absolute Gasteiger partial charge is 0.481 e. The van der Waals surface area contributed by atoms with Crippen LogP contribution < -0.4 is 5.56 Å². The number of rotatable bonds is 3. The molecular formula is C17H16FN3O4. The van der Waals surface area contributed by atoms with Crippen LogP contribution >= 0.6 is 0 Å². The van der Waals surface area contributed by atoms with Crippen LogP contribution in [0.25, 0.3) is 5.69 Å². The minimum atomic E-state index is -1.00. The number of amides is 1. The molecule has 1 aliphatic rings. The predicted octanol–water partition coefficient (Wildman–Crippen LogP) is 1.31. The van der Waals surface area contributed by atoms with Gasteiger partial charge in [0.2, 0.25) is 0 Å². The number of carboxylic acids is 1. The summed E-state index contributed by atoms with van der Waals surface area (Å²) in [5.74, 6) is -2.09. The first-order chi connectivity index (χ1) is 11.8. The number of hydrogen-bond acceptors (Lipinski definition) is 4. The van der Waals surface area contributed by atoms with Gasteiger partial charge in [-0.15, -0.1) is 0 Å². The molecule has 7 nitrogen and oxygen atoms in total. The molecule has 1 amide bonds. The molecule has 25 heavy (non-hydrogen) atoms. The molecule has 0 saturated carbocycles. The van der Waals surface area contributed by atoms with Gasteiger partial charge in [0, 0.05) is 19.2 Å². The third kappa shape index (κ3) is 3.02. The van der Waals surface area contributed by atoms with Crippen LogP contribution in [-0.2, 0) is 4.79 Å². The lowest BCUT2D eigenvalue weighted by Gasteiger charge is -2.20. The first kappa shape index (κ1) is 16.8. The van der Waals surface area contributed by atoms with Crippen molar-refractivity contribution in [2.24, 2.45) is 5.41 Å². The molecule has 3 rings (SSSR count). The summed E-state index contributed by atoms with van der Waals surface area (Å²) in [6.45, 7) is 1.92. The molecule has 8 heteroatoms. The normalized spacial score (nSPS) is 19.8. The van der Waals surface area contributed by atoms with Crippen LogP contribution in [0.1, 0.15) is 23.8 Å². The highest BCUT2D eigenvalue weighted by Crippen LogP contribution is 2.30. The van der Waals surface area contributed by atoms with Gasteiger partial charge in [0.25, 0.3) is 11.5 Å². The zero-order chi connectivity index (χ0) is 18.2. The topological polar surface area (TPSA) is 92.5 Å². The monoisotopic (exact) mass is 345 g/mol. The average Bonchev–Trinajstić information content (AvgIpc) is 2.99. The maximum atomic E-state index is 13.9. The molecule has 130 valence electrons. The Balaban J connectivity index is 1.93. The van der Waals surface area contributed by atoms with Crippen molar-refractivity contribution in [2.45, 2.75) is 13.3 Å². The molecule has 1 saturated heterocycles. The van der Waals surface area contributed by atoms with Crippen molar-refractivity contribution >= 4 is 11.9 Å². The van der Waals surface area contributed by atoms with E-state index in [4.69, 9.17) is 0 Å². The van der Waals surface area contributed by atoms with Crippen molar-refractivity contribution in [1.29, 1.82) is 0 Å². The summed E-state index contributed by atoms with van der Waals surface area (Å²) in [5.41, 5.74) is -1.68. The van der Waals surface area contributed by atoms with E-state index in [0.717, 1.165) is 10.7 Å². The first-order valence-corrected chi connectivity index (χ1v) is 7.70. The standard InChI is InChI=1S/C17H16FN3O4/c1-17(16(24)25)8-9-20(10-17)15(23)12-6-7-14(22)21(19-12)13-5-3-2-4-11(13)18/h2-7H,8-10H2,1H3,(H,24,25). The van der Waals surface area contributed by atoms with Gasteiger partial charge in [-0.05, 0) is 31.5 Å². The molecule has 1 N–H and O–H groups in total. The maximum absolute atomic E-state index is 13.9. The molecule has 2 aromatic rings. The van der Waals surface area contributed by atoms with Crippen molar-refractivity contribution in [3.63, 3.8) is 0 Å². The third-order valence-corrected chi connectivity index (χ3v) is 4.38. The molecular weight excluding hydrogens is 329 g/mol. The van der Waals surface area contributed by atoms with Gasteiger partial charge in [-0.1, -0.05) is 12.1 Å². The van der Waals surface area contributed by atoms with Crippen molar-refractivity contribution in [3.05, 3.63) is 58.3 Å². The van der Waals surface area contributed by atoms with Crippen LogP contribution in [0, 0.1) is 11.2 Å². The van der Waals surface area contributed by atoms with E-state index in [1.54, 1.807) is 13.0 Å². The van der Waals surface area contributed by atoms with Gasteiger partial charge in [-0.2, -0.15) is 9.78 Å². The van der Waals surface area contributed by atoms with E-state index < -0.39 is 28.7 Å². The zero-order valence-corrected chi connectivity index (χ0v) is 13.5. The number of carboxylic acid groups (broad SMARTS) is 1. The molecule has 1 fully saturated rings. The molecule has 0 aliphatic carbocycles. The lowest BCUT2D eigenvalue weighted by Crippen LogP contribution is -2.36. The van der Waals surface area contributed by atoms with E-state index in [0.29, 0.717) is 6.42 Å². The second-order valence-electron chi connectivity index (χ2n) is 6.26. The number of carbonyl (C=O) groups is 2. The highest BCUT2D eigenvalue weighted by Gasteiger charge is 2.42. The van der Waals surface area contributed by atoms with Crippen molar-refractivity contribution in [1.82, 2.24) is 14.7 Å². The lowest BCUT2D eigenvalue weighted by atomic mass is 9.90. The average molecular weight is 345 g/mol. The fourth-order valence-corrected chi connectivity index (χ4v) is 2.79. The molecule has 0 bridgehead atoms. The Labute approximate surface area is 142 Å². The number of aromatic nitrogens is 2.